The Morgan fingerprint density at radius 2 is 1.81 bits per heavy atom. The van der Waals surface area contributed by atoms with Gasteiger partial charge in [-0.2, -0.15) is 0 Å². The molecule has 0 saturated heterocycles. The predicted molar refractivity (Wildman–Crippen MR) is 88.1 cm³/mol. The molecule has 0 spiro atoms. The molecule has 21 heavy (non-hydrogen) atoms. The molecule has 2 nitrogen and oxygen atoms in total. The Bertz CT molecular complexity index is 918. The summed E-state index contributed by atoms with van der Waals surface area (Å²) in [5.41, 5.74) is 7.49. The van der Waals surface area contributed by atoms with Crippen LogP contribution in [0.15, 0.2) is 48.8 Å². The molecule has 0 unspecified atom stereocenters. The van der Waals surface area contributed by atoms with E-state index >= 15 is 0 Å². The van der Waals surface area contributed by atoms with Crippen LogP contribution in [0.1, 0.15) is 25.0 Å². The fourth-order valence-electron chi connectivity index (χ4n) is 3.24. The zero-order valence-corrected chi connectivity index (χ0v) is 12.4. The molecule has 2 aliphatic rings. The van der Waals surface area contributed by atoms with Crippen molar-refractivity contribution in [2.24, 2.45) is 0 Å². The Morgan fingerprint density at radius 3 is 2.62 bits per heavy atom. The predicted octanol–water partition coefficient (Wildman–Crippen LogP) is 4.72. The maximum Gasteiger partial charge on any atom is 0.0957 e. The Labute approximate surface area is 124 Å². The maximum atomic E-state index is 4.85. The highest BCUT2D eigenvalue weighted by atomic mass is 14.9. The number of pyridine rings is 2. The van der Waals surface area contributed by atoms with E-state index in [0.717, 1.165) is 24.1 Å². The number of hydrogen-bond donors (Lipinski definition) is 0. The lowest BCUT2D eigenvalue weighted by atomic mass is 10.0. The normalized spacial score (nSPS) is 11.7. The molecule has 4 rings (SSSR count). The molecule has 104 valence electrons. The van der Waals surface area contributed by atoms with Gasteiger partial charge in [0.25, 0.3) is 0 Å². The van der Waals surface area contributed by atoms with Gasteiger partial charge in [0.05, 0.1) is 16.7 Å². The molecular formula is C19H18N2. The molecule has 0 radical (unpaired) electrons. The van der Waals surface area contributed by atoms with Crippen LogP contribution in [-0.4, -0.2) is 9.38 Å². The van der Waals surface area contributed by atoms with Gasteiger partial charge < -0.3 is 4.40 Å². The van der Waals surface area contributed by atoms with E-state index in [1.54, 1.807) is 0 Å². The van der Waals surface area contributed by atoms with Gasteiger partial charge in [0, 0.05) is 23.3 Å². The number of aromatic nitrogens is 2. The van der Waals surface area contributed by atoms with Gasteiger partial charge in [-0.1, -0.05) is 32.0 Å². The minimum atomic E-state index is 1.07. The van der Waals surface area contributed by atoms with E-state index in [2.05, 4.69) is 67.0 Å². The topological polar surface area (TPSA) is 17.3 Å². The number of rotatable bonds is 2. The van der Waals surface area contributed by atoms with Gasteiger partial charge in [0.1, 0.15) is 0 Å². The van der Waals surface area contributed by atoms with E-state index < -0.39 is 0 Å². The van der Waals surface area contributed by atoms with Crippen molar-refractivity contribution in [3.63, 3.8) is 0 Å². The Balaban J connectivity index is 2.13. The summed E-state index contributed by atoms with van der Waals surface area (Å²) in [5, 5.41) is 1.24. The highest BCUT2D eigenvalue weighted by molar-refractivity contribution is 6.01. The van der Waals surface area contributed by atoms with Crippen molar-refractivity contribution in [3.8, 4) is 11.3 Å². The summed E-state index contributed by atoms with van der Waals surface area (Å²) in [6.07, 6.45) is 6.55. The van der Waals surface area contributed by atoms with Crippen LogP contribution in [0.2, 0.25) is 0 Å². The number of nitrogens with zero attached hydrogens (tertiary/aromatic N) is 2. The van der Waals surface area contributed by atoms with Crippen LogP contribution in [0.5, 0.6) is 0 Å². The molecule has 1 aromatic carbocycles. The molecule has 0 aliphatic carbocycles. The molecule has 1 aromatic heterocycles. The van der Waals surface area contributed by atoms with Crippen molar-refractivity contribution < 1.29 is 0 Å². The maximum absolute atomic E-state index is 4.85. The highest BCUT2D eigenvalue weighted by Gasteiger charge is 2.15. The average molecular weight is 274 g/mol. The van der Waals surface area contributed by atoms with Crippen LogP contribution < -0.4 is 0 Å². The van der Waals surface area contributed by atoms with Gasteiger partial charge in [-0.05, 0) is 42.2 Å². The van der Waals surface area contributed by atoms with Gasteiger partial charge in [0.15, 0.2) is 0 Å². The first-order valence-corrected chi connectivity index (χ1v) is 7.62. The van der Waals surface area contributed by atoms with Crippen molar-refractivity contribution in [1.29, 1.82) is 0 Å². The third kappa shape index (κ3) is 1.75. The molecule has 0 saturated carbocycles. The number of hydrogen-bond acceptors (Lipinski definition) is 1. The minimum Gasteiger partial charge on any atom is -0.322 e. The second-order valence-electron chi connectivity index (χ2n) is 5.53. The van der Waals surface area contributed by atoms with Crippen LogP contribution in [0, 0.1) is 0 Å². The molecule has 2 aromatic rings. The third-order valence-electron chi connectivity index (χ3n) is 4.38. The van der Waals surface area contributed by atoms with Gasteiger partial charge in [-0.3, -0.25) is 0 Å². The van der Waals surface area contributed by atoms with Crippen LogP contribution >= 0.6 is 0 Å². The number of para-hydroxylation sites is 1. The first-order valence-electron chi connectivity index (χ1n) is 7.62. The summed E-state index contributed by atoms with van der Waals surface area (Å²) in [4.78, 5) is 4.85. The zero-order valence-electron chi connectivity index (χ0n) is 12.4. The van der Waals surface area contributed by atoms with Crippen LogP contribution in [0.3, 0.4) is 0 Å². The molecule has 2 heteroatoms. The third-order valence-corrected chi connectivity index (χ3v) is 4.38. The Kier molecular flexibility index (Phi) is 2.71. The molecule has 0 fully saturated rings. The summed E-state index contributed by atoms with van der Waals surface area (Å²) in [6.45, 7) is 4.44. The van der Waals surface area contributed by atoms with E-state index in [0.29, 0.717) is 0 Å². The van der Waals surface area contributed by atoms with Crippen molar-refractivity contribution in [3.05, 3.63) is 59.9 Å². The molecule has 0 atom stereocenters. The molecule has 0 bridgehead atoms. The van der Waals surface area contributed by atoms with Gasteiger partial charge >= 0.3 is 0 Å². The fraction of sp³-hybridized carbons (Fsp3) is 0.211. The number of fused-ring (bicyclic) bond motifs is 5. The number of benzene rings is 1. The standard InChI is InChI=1S/C19H18N2/c1-3-13-11-18-19-16(9-10-21(18)12-14(13)4-2)15-7-5-6-8-17(15)20-19/h5-12H,3-4H2,1-2H3. The lowest BCUT2D eigenvalue weighted by Crippen LogP contribution is -1.99. The summed E-state index contributed by atoms with van der Waals surface area (Å²) < 4.78 is 2.21. The van der Waals surface area contributed by atoms with Crippen molar-refractivity contribution >= 4 is 16.4 Å². The Morgan fingerprint density at radius 1 is 1.00 bits per heavy atom. The second-order valence-corrected chi connectivity index (χ2v) is 5.53. The first kappa shape index (κ1) is 12.4. The summed E-state index contributed by atoms with van der Waals surface area (Å²) in [5.74, 6) is 0. The lowest BCUT2D eigenvalue weighted by Gasteiger charge is -2.12. The van der Waals surface area contributed by atoms with Crippen LogP contribution in [0.4, 0.5) is 0 Å². The van der Waals surface area contributed by atoms with Crippen LogP contribution in [-0.2, 0) is 12.8 Å². The fourth-order valence-corrected chi connectivity index (χ4v) is 3.24. The Hall–Kier alpha value is -2.35. The van der Waals surface area contributed by atoms with E-state index in [-0.39, 0.29) is 0 Å². The monoisotopic (exact) mass is 274 g/mol. The lowest BCUT2D eigenvalue weighted by molar-refractivity contribution is 0.993. The van der Waals surface area contributed by atoms with E-state index in [1.807, 2.05) is 0 Å². The quantitative estimate of drug-likeness (QED) is 0.517. The molecule has 3 heterocycles. The number of aryl methyl sites for hydroxylation is 2. The van der Waals surface area contributed by atoms with Crippen LogP contribution in [0.25, 0.3) is 27.7 Å². The van der Waals surface area contributed by atoms with Crippen molar-refractivity contribution in [2.45, 2.75) is 26.7 Å². The summed E-state index contributed by atoms with van der Waals surface area (Å²) in [6, 6.07) is 12.9. The summed E-state index contributed by atoms with van der Waals surface area (Å²) in [7, 11) is 0. The molecule has 0 amide bonds. The zero-order chi connectivity index (χ0) is 14.4. The van der Waals surface area contributed by atoms with E-state index in [4.69, 9.17) is 4.98 Å². The second kappa shape index (κ2) is 4.59. The molecule has 2 aliphatic heterocycles. The molecule has 0 N–H and O–H groups in total. The SMILES string of the molecule is CCc1cc2c3nc4ccccc4c-3ccn2cc1CC. The smallest absolute Gasteiger partial charge is 0.0957 e. The van der Waals surface area contributed by atoms with Gasteiger partial charge in [-0.25, -0.2) is 4.98 Å². The molecular weight excluding hydrogens is 256 g/mol. The minimum absolute atomic E-state index is 1.07. The van der Waals surface area contributed by atoms with E-state index in [1.165, 1.54) is 27.6 Å². The average Bonchev–Trinajstić information content (AvgIpc) is 2.92. The first-order chi connectivity index (χ1) is 10.3. The van der Waals surface area contributed by atoms with Gasteiger partial charge in [0.2, 0.25) is 0 Å². The van der Waals surface area contributed by atoms with Gasteiger partial charge in [-0.15, -0.1) is 0 Å². The largest absolute Gasteiger partial charge is 0.322 e. The van der Waals surface area contributed by atoms with E-state index in [9.17, 15) is 0 Å². The van der Waals surface area contributed by atoms with Crippen molar-refractivity contribution in [2.75, 3.05) is 0 Å². The van der Waals surface area contributed by atoms with Crippen molar-refractivity contribution in [1.82, 2.24) is 9.38 Å². The highest BCUT2D eigenvalue weighted by Crippen LogP contribution is 2.34. The summed E-state index contributed by atoms with van der Waals surface area (Å²) >= 11 is 0.